The molecule has 0 saturated heterocycles. The van der Waals surface area contributed by atoms with Crippen molar-refractivity contribution in [3.05, 3.63) is 70.5 Å². The molecule has 0 heterocycles. The number of amides is 1. The zero-order valence-corrected chi connectivity index (χ0v) is 17.1. The van der Waals surface area contributed by atoms with Crippen molar-refractivity contribution in [3.8, 4) is 5.75 Å². The summed E-state index contributed by atoms with van der Waals surface area (Å²) in [6.07, 6.45) is -0.381. The molecular weight excluding hydrogens is 372 g/mol. The topological polar surface area (TPSA) is 33.9 Å². The highest BCUT2D eigenvalue weighted by atomic mass is 35.5. The van der Waals surface area contributed by atoms with E-state index >= 15 is 0 Å². The van der Waals surface area contributed by atoms with E-state index in [-0.39, 0.29) is 6.10 Å². The number of halogens is 1. The van der Waals surface area contributed by atoms with Crippen LogP contribution < -0.4 is 4.74 Å². The number of ether oxygens (including phenoxy) is 1. The molecule has 146 valence electrons. The Morgan fingerprint density at radius 3 is 2.36 bits per heavy atom. The van der Waals surface area contributed by atoms with Crippen molar-refractivity contribution in [3.63, 3.8) is 0 Å². The summed E-state index contributed by atoms with van der Waals surface area (Å²) in [5.74, 6) is -0.0357. The minimum Gasteiger partial charge on any atom is -0.489 e. The Kier molecular flexibility index (Phi) is 4.20. The van der Waals surface area contributed by atoms with Crippen molar-refractivity contribution in [2.45, 2.75) is 39.8 Å². The normalized spacial score (nSPS) is 23.9. The zero-order chi connectivity index (χ0) is 23.2. The molecule has 4 nitrogen and oxygen atoms in total. The van der Waals surface area contributed by atoms with Gasteiger partial charge in [0.15, 0.2) is 0 Å². The Labute approximate surface area is 176 Å². The van der Waals surface area contributed by atoms with E-state index in [9.17, 15) is 4.79 Å². The van der Waals surface area contributed by atoms with Gasteiger partial charge < -0.3 is 9.64 Å². The van der Waals surface area contributed by atoms with Gasteiger partial charge in [-0.25, -0.2) is 4.85 Å². The third-order valence-electron chi connectivity index (χ3n) is 5.55. The van der Waals surface area contributed by atoms with Crippen LogP contribution in [0.4, 0.5) is 5.69 Å². The van der Waals surface area contributed by atoms with Crippen LogP contribution in [0.5, 0.6) is 5.75 Å². The molecule has 1 aliphatic carbocycles. The molecule has 0 radical (unpaired) electrons. The highest BCUT2D eigenvalue weighted by Crippen LogP contribution is 2.57. The number of hydrogen-bond acceptors (Lipinski definition) is 2. The second-order valence-electron chi connectivity index (χ2n) is 8.31. The second-order valence-corrected chi connectivity index (χ2v) is 8.72. The quantitative estimate of drug-likeness (QED) is 0.604. The van der Waals surface area contributed by atoms with Gasteiger partial charge in [-0.1, -0.05) is 63.6 Å². The first-order chi connectivity index (χ1) is 14.3. The standard InChI is InChI=1S/C23H25ClN2O2/c1-22(2)20(26(6)19(27)15-10-8-7-9-11-15)23(3,4)21(22)28-16-12-13-18(25-5)17(24)14-16/h7-14,20-21H,1-4,6H3/i6D3. The molecule has 3 rings (SSSR count). The van der Waals surface area contributed by atoms with Gasteiger partial charge in [-0.15, -0.1) is 0 Å². The largest absolute Gasteiger partial charge is 0.489 e. The predicted molar refractivity (Wildman–Crippen MR) is 112 cm³/mol. The first-order valence-electron chi connectivity index (χ1n) is 10.5. The summed E-state index contributed by atoms with van der Waals surface area (Å²) in [5.41, 5.74) is -0.655. The first-order valence-corrected chi connectivity index (χ1v) is 9.42. The summed E-state index contributed by atoms with van der Waals surface area (Å²) in [4.78, 5) is 17.6. The summed E-state index contributed by atoms with van der Waals surface area (Å²) < 4.78 is 30.5. The Morgan fingerprint density at radius 2 is 1.82 bits per heavy atom. The number of nitrogens with zero attached hydrogens (tertiary/aromatic N) is 2. The summed E-state index contributed by atoms with van der Waals surface area (Å²) in [7, 11) is 0. The predicted octanol–water partition coefficient (Wildman–Crippen LogP) is 5.84. The van der Waals surface area contributed by atoms with Crippen molar-refractivity contribution in [1.82, 2.24) is 4.90 Å². The average Bonchev–Trinajstić information content (AvgIpc) is 2.69. The highest BCUT2D eigenvalue weighted by molar-refractivity contribution is 6.33. The number of rotatable bonds is 4. The van der Waals surface area contributed by atoms with E-state index in [2.05, 4.69) is 4.85 Å². The maximum atomic E-state index is 13.3. The van der Waals surface area contributed by atoms with Crippen molar-refractivity contribution in [2.24, 2.45) is 10.8 Å². The van der Waals surface area contributed by atoms with Gasteiger partial charge in [-0.3, -0.25) is 4.79 Å². The fraction of sp³-hybridized carbons (Fsp3) is 0.391. The van der Waals surface area contributed by atoms with Gasteiger partial charge in [0.05, 0.1) is 11.6 Å². The Hall–Kier alpha value is -2.51. The first kappa shape index (κ1) is 16.4. The van der Waals surface area contributed by atoms with Gasteiger partial charge in [0.25, 0.3) is 5.91 Å². The lowest BCUT2D eigenvalue weighted by Crippen LogP contribution is -2.74. The summed E-state index contributed by atoms with van der Waals surface area (Å²) in [5, 5.41) is 0.294. The number of hydrogen-bond donors (Lipinski definition) is 0. The lowest BCUT2D eigenvalue weighted by Gasteiger charge is -2.65. The van der Waals surface area contributed by atoms with Gasteiger partial charge in [-0.05, 0) is 24.3 Å². The van der Waals surface area contributed by atoms with Gasteiger partial charge in [0.2, 0.25) is 5.69 Å². The number of carbonyl (C=O) groups excluding carboxylic acids is 1. The minimum atomic E-state index is -2.61. The molecule has 1 fully saturated rings. The summed E-state index contributed by atoms with van der Waals surface area (Å²) >= 11 is 6.14. The average molecular weight is 400 g/mol. The van der Waals surface area contributed by atoms with Crippen LogP contribution in [-0.2, 0) is 0 Å². The third-order valence-corrected chi connectivity index (χ3v) is 5.85. The molecule has 0 aromatic heterocycles. The van der Waals surface area contributed by atoms with Crippen molar-refractivity contribution >= 4 is 23.2 Å². The molecule has 1 aliphatic rings. The molecule has 2 aromatic rings. The van der Waals surface area contributed by atoms with E-state index in [1.54, 1.807) is 48.5 Å². The van der Waals surface area contributed by atoms with Crippen molar-refractivity contribution in [2.75, 3.05) is 6.98 Å². The number of carbonyl (C=O) groups is 1. The molecular formula is C23H25ClN2O2. The molecule has 5 heteroatoms. The van der Waals surface area contributed by atoms with Crippen LogP contribution in [0.25, 0.3) is 4.85 Å². The second kappa shape index (κ2) is 7.14. The third kappa shape index (κ3) is 3.25. The summed E-state index contributed by atoms with van der Waals surface area (Å²) in [6, 6.07) is 12.7. The van der Waals surface area contributed by atoms with Crippen LogP contribution in [0.2, 0.25) is 5.02 Å². The molecule has 1 amide bonds. The van der Waals surface area contributed by atoms with Crippen molar-refractivity contribution < 1.29 is 13.6 Å². The zero-order valence-electron chi connectivity index (χ0n) is 19.4. The summed E-state index contributed by atoms with van der Waals surface area (Å²) in [6.45, 7) is 12.1. The molecule has 2 aromatic carbocycles. The van der Waals surface area contributed by atoms with E-state index in [1.807, 2.05) is 27.7 Å². The highest BCUT2D eigenvalue weighted by Gasteiger charge is 2.65. The maximum Gasteiger partial charge on any atom is 0.253 e. The smallest absolute Gasteiger partial charge is 0.253 e. The Morgan fingerprint density at radius 1 is 1.18 bits per heavy atom. The van der Waals surface area contributed by atoms with Crippen LogP contribution in [-0.4, -0.2) is 29.9 Å². The van der Waals surface area contributed by atoms with Gasteiger partial charge in [-0.2, -0.15) is 0 Å². The molecule has 28 heavy (non-hydrogen) atoms. The van der Waals surface area contributed by atoms with Gasteiger partial charge in [0.1, 0.15) is 11.9 Å². The molecule has 0 bridgehead atoms. The fourth-order valence-electron chi connectivity index (χ4n) is 4.70. The van der Waals surface area contributed by atoms with E-state index in [0.29, 0.717) is 22.0 Å². The molecule has 0 spiro atoms. The molecule has 0 unspecified atom stereocenters. The van der Waals surface area contributed by atoms with E-state index in [0.717, 1.165) is 4.90 Å². The van der Waals surface area contributed by atoms with Gasteiger partial charge in [0, 0.05) is 33.5 Å². The molecule has 0 atom stereocenters. The van der Waals surface area contributed by atoms with Crippen LogP contribution in [0.15, 0.2) is 48.5 Å². The van der Waals surface area contributed by atoms with Crippen LogP contribution in [0.1, 0.15) is 42.2 Å². The van der Waals surface area contributed by atoms with Crippen molar-refractivity contribution in [1.29, 1.82) is 0 Å². The number of benzene rings is 2. The van der Waals surface area contributed by atoms with E-state index < -0.39 is 29.8 Å². The van der Waals surface area contributed by atoms with E-state index in [1.165, 1.54) is 0 Å². The monoisotopic (exact) mass is 399 g/mol. The maximum absolute atomic E-state index is 13.3. The lowest BCUT2D eigenvalue weighted by atomic mass is 9.49. The molecule has 0 N–H and O–H groups in total. The SMILES string of the molecule is [2H]C([2H])([2H])N(C(=O)c1ccccc1)C1C(C)(C)C(Oc2ccc([N+]#[C-])c(Cl)c2)C1(C)C. The van der Waals surface area contributed by atoms with E-state index in [4.69, 9.17) is 27.0 Å². The van der Waals surface area contributed by atoms with Crippen LogP contribution in [0.3, 0.4) is 0 Å². The van der Waals surface area contributed by atoms with Crippen LogP contribution in [0, 0.1) is 17.4 Å². The fourth-order valence-corrected chi connectivity index (χ4v) is 4.91. The Balaban J connectivity index is 1.95. The Bertz CT molecular complexity index is 1010. The lowest BCUT2D eigenvalue weighted by molar-refractivity contribution is -0.195. The molecule has 0 aliphatic heterocycles. The van der Waals surface area contributed by atoms with Crippen LogP contribution >= 0.6 is 11.6 Å². The van der Waals surface area contributed by atoms with Gasteiger partial charge >= 0.3 is 0 Å². The molecule has 1 saturated carbocycles. The minimum absolute atomic E-state index is 0.294.